The maximum absolute atomic E-state index is 13.4. The molecule has 0 radical (unpaired) electrons. The predicted octanol–water partition coefficient (Wildman–Crippen LogP) is 4.34. The first-order valence-electron chi connectivity index (χ1n) is 9.99. The highest BCUT2D eigenvalue weighted by molar-refractivity contribution is 7.90. The second-order valence-corrected chi connectivity index (χ2v) is 9.90. The Morgan fingerprint density at radius 3 is 2.40 bits per heavy atom. The van der Waals surface area contributed by atoms with Crippen LogP contribution >= 0.6 is 0 Å². The minimum absolute atomic E-state index is 0.0738. The van der Waals surface area contributed by atoms with E-state index in [1.165, 1.54) is 3.97 Å². The number of hydrogen-bond acceptors (Lipinski definition) is 5. The molecule has 3 aromatic rings. The second-order valence-electron chi connectivity index (χ2n) is 8.09. The standard InChI is InChI=1S/C23H30N2O4S/c1-16(2)21-9-8-20(14-23(21)29-17(3)15-24(4)5)30(26,27)25-12-11-18-13-19(28-6)7-10-22(18)25/h7-14,16-17H,15H2,1-6H3. The van der Waals surface area contributed by atoms with Gasteiger partial charge in [-0.25, -0.2) is 12.4 Å². The summed E-state index contributed by atoms with van der Waals surface area (Å²) in [5, 5.41) is 0.799. The Hall–Kier alpha value is -2.51. The number of ether oxygens (including phenoxy) is 2. The van der Waals surface area contributed by atoms with Gasteiger partial charge in [-0.1, -0.05) is 19.9 Å². The van der Waals surface area contributed by atoms with Crippen LogP contribution in [0.3, 0.4) is 0 Å². The van der Waals surface area contributed by atoms with E-state index in [1.807, 2.05) is 38.1 Å². The van der Waals surface area contributed by atoms with Crippen LogP contribution < -0.4 is 9.47 Å². The van der Waals surface area contributed by atoms with Crippen molar-refractivity contribution >= 4 is 20.9 Å². The highest BCUT2D eigenvalue weighted by Gasteiger charge is 2.22. The van der Waals surface area contributed by atoms with Gasteiger partial charge in [0.2, 0.25) is 0 Å². The first-order valence-corrected chi connectivity index (χ1v) is 11.4. The van der Waals surface area contributed by atoms with E-state index in [-0.39, 0.29) is 16.9 Å². The van der Waals surface area contributed by atoms with E-state index in [2.05, 4.69) is 13.8 Å². The summed E-state index contributed by atoms with van der Waals surface area (Å²) in [6.07, 6.45) is 1.50. The topological polar surface area (TPSA) is 60.8 Å². The summed E-state index contributed by atoms with van der Waals surface area (Å²) in [6, 6.07) is 12.3. The van der Waals surface area contributed by atoms with Crippen molar-refractivity contribution < 1.29 is 17.9 Å². The number of fused-ring (bicyclic) bond motifs is 1. The van der Waals surface area contributed by atoms with Gasteiger partial charge in [-0.3, -0.25) is 0 Å². The number of nitrogens with zero attached hydrogens (tertiary/aromatic N) is 2. The Kier molecular flexibility index (Phi) is 6.43. The summed E-state index contributed by atoms with van der Waals surface area (Å²) in [4.78, 5) is 2.24. The molecular weight excluding hydrogens is 400 g/mol. The zero-order valence-corrected chi connectivity index (χ0v) is 19.2. The van der Waals surface area contributed by atoms with E-state index < -0.39 is 10.0 Å². The fraction of sp³-hybridized carbons (Fsp3) is 0.391. The van der Waals surface area contributed by atoms with Crippen LogP contribution in [-0.4, -0.2) is 51.1 Å². The summed E-state index contributed by atoms with van der Waals surface area (Å²) in [7, 11) is 1.77. The summed E-state index contributed by atoms with van der Waals surface area (Å²) in [5.41, 5.74) is 1.59. The molecule has 1 aromatic heterocycles. The molecule has 0 saturated heterocycles. The van der Waals surface area contributed by atoms with Crippen LogP contribution in [0.15, 0.2) is 53.6 Å². The third kappa shape index (κ3) is 4.47. The minimum Gasteiger partial charge on any atom is -0.497 e. The molecule has 1 heterocycles. The molecule has 6 nitrogen and oxygen atoms in total. The van der Waals surface area contributed by atoms with Crippen molar-refractivity contribution in [2.75, 3.05) is 27.7 Å². The molecule has 2 aromatic carbocycles. The molecule has 0 amide bonds. The Balaban J connectivity index is 2.05. The highest BCUT2D eigenvalue weighted by atomic mass is 32.2. The van der Waals surface area contributed by atoms with E-state index in [0.29, 0.717) is 17.0 Å². The van der Waals surface area contributed by atoms with Crippen molar-refractivity contribution in [3.63, 3.8) is 0 Å². The van der Waals surface area contributed by atoms with Crippen LogP contribution in [0.5, 0.6) is 11.5 Å². The summed E-state index contributed by atoms with van der Waals surface area (Å²) in [5.74, 6) is 1.51. The van der Waals surface area contributed by atoms with E-state index in [0.717, 1.165) is 17.5 Å². The van der Waals surface area contributed by atoms with Gasteiger partial charge in [0.1, 0.15) is 17.6 Å². The van der Waals surface area contributed by atoms with Gasteiger partial charge in [-0.15, -0.1) is 0 Å². The third-order valence-corrected chi connectivity index (χ3v) is 6.66. The molecule has 0 bridgehead atoms. The van der Waals surface area contributed by atoms with Crippen LogP contribution in [-0.2, 0) is 10.0 Å². The lowest BCUT2D eigenvalue weighted by molar-refractivity contribution is 0.174. The van der Waals surface area contributed by atoms with Gasteiger partial charge in [0.15, 0.2) is 0 Å². The predicted molar refractivity (Wildman–Crippen MR) is 120 cm³/mol. The monoisotopic (exact) mass is 430 g/mol. The Bertz CT molecular complexity index is 1130. The Morgan fingerprint density at radius 2 is 1.77 bits per heavy atom. The van der Waals surface area contributed by atoms with Gasteiger partial charge < -0.3 is 14.4 Å². The van der Waals surface area contributed by atoms with Gasteiger partial charge in [0, 0.05) is 24.2 Å². The van der Waals surface area contributed by atoms with Gasteiger partial charge >= 0.3 is 0 Å². The van der Waals surface area contributed by atoms with Crippen molar-refractivity contribution in [3.8, 4) is 11.5 Å². The lowest BCUT2D eigenvalue weighted by Crippen LogP contribution is -2.28. The maximum atomic E-state index is 13.4. The molecule has 3 rings (SSSR count). The molecular formula is C23H30N2O4S. The van der Waals surface area contributed by atoms with E-state index in [1.54, 1.807) is 43.6 Å². The lowest BCUT2D eigenvalue weighted by Gasteiger charge is -2.22. The van der Waals surface area contributed by atoms with Gasteiger partial charge in [0.25, 0.3) is 10.0 Å². The van der Waals surface area contributed by atoms with Crippen LogP contribution in [0.25, 0.3) is 10.9 Å². The molecule has 1 atom stereocenters. The fourth-order valence-electron chi connectivity index (χ4n) is 3.57. The average molecular weight is 431 g/mol. The molecule has 0 spiro atoms. The zero-order valence-electron chi connectivity index (χ0n) is 18.4. The molecule has 0 N–H and O–H groups in total. The molecule has 0 aliphatic heterocycles. The average Bonchev–Trinajstić information content (AvgIpc) is 3.10. The van der Waals surface area contributed by atoms with Crippen molar-refractivity contribution in [1.82, 2.24) is 8.87 Å². The SMILES string of the molecule is COc1ccc2c(ccn2S(=O)(=O)c2ccc(C(C)C)c(OC(C)CN(C)C)c2)c1. The van der Waals surface area contributed by atoms with Gasteiger partial charge in [-0.05, 0) is 62.8 Å². The van der Waals surface area contributed by atoms with E-state index in [4.69, 9.17) is 9.47 Å². The number of aromatic nitrogens is 1. The smallest absolute Gasteiger partial charge is 0.268 e. The lowest BCUT2D eigenvalue weighted by atomic mass is 10.0. The van der Waals surface area contributed by atoms with Crippen LogP contribution in [0.1, 0.15) is 32.3 Å². The molecule has 1 unspecified atom stereocenters. The molecule has 30 heavy (non-hydrogen) atoms. The Labute approximate surface area is 179 Å². The third-order valence-electron chi connectivity index (χ3n) is 4.98. The number of rotatable bonds is 8. The molecule has 0 fully saturated rings. The molecule has 162 valence electrons. The maximum Gasteiger partial charge on any atom is 0.268 e. The second kappa shape index (κ2) is 8.70. The Morgan fingerprint density at radius 1 is 1.03 bits per heavy atom. The number of benzene rings is 2. The first kappa shape index (κ1) is 22.2. The van der Waals surface area contributed by atoms with Crippen molar-refractivity contribution in [3.05, 3.63) is 54.2 Å². The summed E-state index contributed by atoms with van der Waals surface area (Å²) < 4.78 is 39.6. The fourth-order valence-corrected chi connectivity index (χ4v) is 4.94. The van der Waals surface area contributed by atoms with E-state index >= 15 is 0 Å². The van der Waals surface area contributed by atoms with Gasteiger partial charge in [-0.2, -0.15) is 0 Å². The quantitative estimate of drug-likeness (QED) is 0.532. The molecule has 0 aliphatic rings. The van der Waals surface area contributed by atoms with Crippen molar-refractivity contribution in [2.45, 2.75) is 37.7 Å². The first-order chi connectivity index (χ1) is 14.1. The van der Waals surface area contributed by atoms with Crippen LogP contribution in [0, 0.1) is 0 Å². The summed E-state index contributed by atoms with van der Waals surface area (Å²) in [6.45, 7) is 6.86. The largest absolute Gasteiger partial charge is 0.497 e. The number of likely N-dealkylation sites (N-methyl/N-ethyl adjacent to an activating group) is 1. The summed E-state index contributed by atoms with van der Waals surface area (Å²) >= 11 is 0. The van der Waals surface area contributed by atoms with Gasteiger partial charge in [0.05, 0.1) is 17.5 Å². The zero-order chi connectivity index (χ0) is 22.1. The minimum atomic E-state index is -3.78. The molecule has 7 heteroatoms. The molecule has 0 aliphatic carbocycles. The number of methoxy groups -OCH3 is 1. The van der Waals surface area contributed by atoms with E-state index in [9.17, 15) is 8.42 Å². The van der Waals surface area contributed by atoms with Crippen LogP contribution in [0.4, 0.5) is 0 Å². The van der Waals surface area contributed by atoms with Crippen molar-refractivity contribution in [1.29, 1.82) is 0 Å². The van der Waals surface area contributed by atoms with Crippen LogP contribution in [0.2, 0.25) is 0 Å². The molecule has 0 saturated carbocycles. The van der Waals surface area contributed by atoms with Crippen molar-refractivity contribution in [2.24, 2.45) is 0 Å². The normalized spacial score (nSPS) is 13.2. The highest BCUT2D eigenvalue weighted by Crippen LogP contribution is 2.32. The number of hydrogen-bond donors (Lipinski definition) is 0.